The van der Waals surface area contributed by atoms with Crippen molar-refractivity contribution in [3.05, 3.63) is 65.7 Å². The van der Waals surface area contributed by atoms with Crippen LogP contribution in [-0.4, -0.2) is 54.5 Å². The Labute approximate surface area is 194 Å². The molecule has 2 heterocycles. The van der Waals surface area contributed by atoms with Crippen LogP contribution in [0.1, 0.15) is 49.7 Å². The van der Waals surface area contributed by atoms with Gasteiger partial charge in [0.15, 0.2) is 0 Å². The minimum Gasteiger partial charge on any atom is -0.326 e. The molecule has 4 nitrogen and oxygen atoms in total. The van der Waals surface area contributed by atoms with E-state index < -0.39 is 0 Å². The average Bonchev–Trinajstić information content (AvgIpc) is 2.83. The van der Waals surface area contributed by atoms with Crippen molar-refractivity contribution < 1.29 is 4.79 Å². The fourth-order valence-electron chi connectivity index (χ4n) is 5.33. The third kappa shape index (κ3) is 6.91. The third-order valence-electron chi connectivity index (χ3n) is 7.36. The van der Waals surface area contributed by atoms with Gasteiger partial charge in [-0.3, -0.25) is 4.79 Å². The molecule has 2 aromatic carbocycles. The lowest BCUT2D eigenvalue weighted by Gasteiger charge is -2.42. The number of aryl methyl sites for hydroxylation is 1. The maximum atomic E-state index is 12.3. The molecule has 2 fully saturated rings. The summed E-state index contributed by atoms with van der Waals surface area (Å²) in [5, 5.41) is 3.05. The van der Waals surface area contributed by atoms with Crippen molar-refractivity contribution in [2.75, 3.05) is 38.0 Å². The second-order valence-electron chi connectivity index (χ2n) is 9.74. The van der Waals surface area contributed by atoms with Crippen LogP contribution in [0.2, 0.25) is 0 Å². The first-order valence-corrected chi connectivity index (χ1v) is 12.5. The van der Waals surface area contributed by atoms with Crippen molar-refractivity contribution in [1.29, 1.82) is 0 Å². The summed E-state index contributed by atoms with van der Waals surface area (Å²) in [6.45, 7) is 8.12. The van der Waals surface area contributed by atoms with Crippen LogP contribution >= 0.6 is 0 Å². The number of carbonyl (C=O) groups is 1. The first-order chi connectivity index (χ1) is 15.7. The van der Waals surface area contributed by atoms with Crippen molar-refractivity contribution in [1.82, 2.24) is 9.80 Å². The number of piperidine rings is 2. The zero-order valence-corrected chi connectivity index (χ0v) is 19.6. The number of nitrogens with one attached hydrogen (secondary N) is 1. The molecule has 0 aliphatic carbocycles. The molecular formula is C28H39N3O. The summed E-state index contributed by atoms with van der Waals surface area (Å²) < 4.78 is 0. The van der Waals surface area contributed by atoms with Crippen LogP contribution in [0.3, 0.4) is 0 Å². The number of amides is 1. The molecule has 4 rings (SSSR count). The van der Waals surface area contributed by atoms with Gasteiger partial charge in [0.1, 0.15) is 0 Å². The summed E-state index contributed by atoms with van der Waals surface area (Å²) in [4.78, 5) is 17.7. The van der Waals surface area contributed by atoms with Gasteiger partial charge in [-0.1, -0.05) is 42.5 Å². The van der Waals surface area contributed by atoms with Crippen molar-refractivity contribution in [3.8, 4) is 0 Å². The summed E-state index contributed by atoms with van der Waals surface area (Å²) in [6, 6.07) is 19.7. The smallest absolute Gasteiger partial charge is 0.224 e. The summed E-state index contributed by atoms with van der Waals surface area (Å²) >= 11 is 0. The highest BCUT2D eigenvalue weighted by Gasteiger charge is 2.28. The van der Waals surface area contributed by atoms with Gasteiger partial charge >= 0.3 is 0 Å². The van der Waals surface area contributed by atoms with E-state index in [4.69, 9.17) is 0 Å². The first-order valence-electron chi connectivity index (χ1n) is 12.5. The molecule has 32 heavy (non-hydrogen) atoms. The molecule has 0 aromatic heterocycles. The molecular weight excluding hydrogens is 394 g/mol. The lowest BCUT2D eigenvalue weighted by Crippen LogP contribution is -2.48. The number of benzene rings is 2. The normalized spacial score (nSPS) is 19.2. The molecule has 172 valence electrons. The largest absolute Gasteiger partial charge is 0.326 e. The van der Waals surface area contributed by atoms with Gasteiger partial charge in [-0.25, -0.2) is 0 Å². The van der Waals surface area contributed by atoms with Crippen molar-refractivity contribution in [3.63, 3.8) is 0 Å². The highest BCUT2D eigenvalue weighted by Crippen LogP contribution is 2.27. The molecule has 2 aromatic rings. The molecule has 0 radical (unpaired) electrons. The van der Waals surface area contributed by atoms with E-state index in [1.807, 2.05) is 18.2 Å². The Morgan fingerprint density at radius 1 is 0.938 bits per heavy atom. The summed E-state index contributed by atoms with van der Waals surface area (Å²) in [6.07, 6.45) is 7.91. The van der Waals surface area contributed by atoms with Crippen LogP contribution in [0.15, 0.2) is 54.6 Å². The van der Waals surface area contributed by atoms with Gasteiger partial charge in [0.05, 0.1) is 0 Å². The number of hydrogen-bond acceptors (Lipinski definition) is 3. The molecule has 0 atom stereocenters. The fraction of sp³-hybridized carbons (Fsp3) is 0.536. The number of nitrogens with zero attached hydrogens (tertiary/aromatic N) is 2. The van der Waals surface area contributed by atoms with Crippen LogP contribution in [0.5, 0.6) is 0 Å². The predicted molar refractivity (Wildman–Crippen MR) is 133 cm³/mol. The Morgan fingerprint density at radius 3 is 2.41 bits per heavy atom. The zero-order chi connectivity index (χ0) is 22.2. The number of rotatable bonds is 8. The van der Waals surface area contributed by atoms with Crippen molar-refractivity contribution in [2.45, 2.75) is 57.9 Å². The summed E-state index contributed by atoms with van der Waals surface area (Å²) in [7, 11) is 0. The van der Waals surface area contributed by atoms with Crippen molar-refractivity contribution >= 4 is 11.6 Å². The lowest BCUT2D eigenvalue weighted by molar-refractivity contribution is -0.116. The Bertz CT molecular complexity index is 837. The SMILES string of the molecule is Cc1cccc(NC(=O)CCC2CCN(C3CCN(CCc4ccccc4)CC3)CC2)c1. The van der Waals surface area contributed by atoms with Gasteiger partial charge in [-0.2, -0.15) is 0 Å². The minimum atomic E-state index is 0.154. The van der Waals surface area contributed by atoms with Crippen LogP contribution in [0.25, 0.3) is 0 Å². The topological polar surface area (TPSA) is 35.6 Å². The van der Waals surface area contributed by atoms with Gasteiger partial charge in [-0.15, -0.1) is 0 Å². The molecule has 1 amide bonds. The highest BCUT2D eigenvalue weighted by molar-refractivity contribution is 5.90. The monoisotopic (exact) mass is 433 g/mol. The average molecular weight is 434 g/mol. The van der Waals surface area contributed by atoms with Crippen LogP contribution in [0, 0.1) is 12.8 Å². The molecule has 0 saturated carbocycles. The van der Waals surface area contributed by atoms with Crippen molar-refractivity contribution in [2.24, 2.45) is 5.92 Å². The Hall–Kier alpha value is -2.17. The Morgan fingerprint density at radius 2 is 1.69 bits per heavy atom. The van der Waals surface area contributed by atoms with Crippen LogP contribution < -0.4 is 5.32 Å². The molecule has 2 saturated heterocycles. The maximum absolute atomic E-state index is 12.3. The van der Waals surface area contributed by atoms with Gasteiger partial charge in [0, 0.05) is 24.7 Å². The molecule has 2 aliphatic rings. The first kappa shape index (κ1) is 23.0. The number of likely N-dealkylation sites (tertiary alicyclic amines) is 2. The quantitative estimate of drug-likeness (QED) is 0.627. The Kier molecular flexibility index (Phi) is 8.36. The van der Waals surface area contributed by atoms with Gasteiger partial charge < -0.3 is 15.1 Å². The molecule has 1 N–H and O–H groups in total. The molecule has 0 bridgehead atoms. The fourth-order valence-corrected chi connectivity index (χ4v) is 5.33. The van der Waals surface area contributed by atoms with E-state index in [-0.39, 0.29) is 5.91 Å². The summed E-state index contributed by atoms with van der Waals surface area (Å²) in [5.41, 5.74) is 3.54. The van der Waals surface area contributed by atoms with E-state index in [2.05, 4.69) is 58.4 Å². The lowest BCUT2D eigenvalue weighted by atomic mass is 9.90. The maximum Gasteiger partial charge on any atom is 0.224 e. The molecule has 0 unspecified atom stereocenters. The van der Waals surface area contributed by atoms with E-state index in [0.29, 0.717) is 12.3 Å². The van der Waals surface area contributed by atoms with E-state index in [1.165, 1.54) is 69.5 Å². The number of anilines is 1. The van der Waals surface area contributed by atoms with Gasteiger partial charge in [0.2, 0.25) is 5.91 Å². The molecule has 4 heteroatoms. The predicted octanol–water partition coefficient (Wildman–Crippen LogP) is 5.13. The third-order valence-corrected chi connectivity index (χ3v) is 7.36. The van der Waals surface area contributed by atoms with E-state index in [9.17, 15) is 4.79 Å². The highest BCUT2D eigenvalue weighted by atomic mass is 16.1. The number of carbonyl (C=O) groups excluding carboxylic acids is 1. The second kappa shape index (κ2) is 11.6. The van der Waals surface area contributed by atoms with Gasteiger partial charge in [-0.05, 0) is 101 Å². The summed E-state index contributed by atoms with van der Waals surface area (Å²) in [5.74, 6) is 0.848. The molecule has 0 spiro atoms. The Balaban J connectivity index is 1.11. The minimum absolute atomic E-state index is 0.154. The zero-order valence-electron chi connectivity index (χ0n) is 19.6. The van der Waals surface area contributed by atoms with Crippen LogP contribution in [0.4, 0.5) is 5.69 Å². The van der Waals surface area contributed by atoms with E-state index in [1.54, 1.807) is 0 Å². The number of hydrogen-bond donors (Lipinski definition) is 1. The standard InChI is InChI=1S/C28H39N3O/c1-23-6-5-9-26(22-23)29-28(32)11-10-25-13-20-31(21-14-25)27-15-18-30(19-16-27)17-12-24-7-3-2-4-8-24/h2-9,22,25,27H,10-21H2,1H3,(H,29,32). The van der Waals surface area contributed by atoms with E-state index >= 15 is 0 Å². The van der Waals surface area contributed by atoms with E-state index in [0.717, 1.165) is 24.6 Å². The van der Waals surface area contributed by atoms with Gasteiger partial charge in [0.25, 0.3) is 0 Å². The molecule has 2 aliphatic heterocycles. The second-order valence-corrected chi connectivity index (χ2v) is 9.74. The van der Waals surface area contributed by atoms with Crippen LogP contribution in [-0.2, 0) is 11.2 Å².